The Morgan fingerprint density at radius 2 is 0.643 bits per heavy atom. The van der Waals surface area contributed by atoms with Gasteiger partial charge in [-0.05, 0) is 116 Å². The molecule has 16 rings (SSSR count). The second kappa shape index (κ2) is 25.2. The van der Waals surface area contributed by atoms with Crippen molar-refractivity contribution in [1.82, 2.24) is 98.9 Å². The number of carbonyl (C=O) groups is 2. The van der Waals surface area contributed by atoms with E-state index in [-0.39, 0.29) is 60.0 Å². The first-order chi connectivity index (χ1) is 47.0. The van der Waals surface area contributed by atoms with E-state index in [0.29, 0.717) is 118 Å². The third-order valence-electron chi connectivity index (χ3n) is 15.3. The van der Waals surface area contributed by atoms with Crippen LogP contribution in [-0.4, -0.2) is 111 Å². The van der Waals surface area contributed by atoms with Crippen molar-refractivity contribution < 1.29 is 27.3 Å². The molecule has 12 heterocycles. The van der Waals surface area contributed by atoms with E-state index in [0.717, 1.165) is 38.7 Å². The number of rotatable bonds is 10. The molecule has 0 fully saturated rings. The molecule has 98 heavy (non-hydrogen) atoms. The zero-order valence-electron chi connectivity index (χ0n) is 54.4. The minimum Gasteiger partial charge on any atom is -0.424 e. The standard InChI is InChI=1S/2C17H17N7O2.2C15H15N7O/c1-8(2)24-16-13(15(18)19-7-20-16)14(23-24)10-4-5-12-11(6-10)22-17(26-12)21-9(3)25;1-8(2)24-16-13(15(18)19-7-20-16)14(23-24)10-4-5-11-12(6-10)26-17(22-11)21-9(3)25;1-7(2)22-14-11(13(16)18-6-19-14)12(21-22)8-3-4-10-9(5-8)20-15(17)23-10;1-7(2)22-14-11(13(16)18-6-19-14)12(21-22)8-3-4-9-10(5-8)23-15(17)20-9/h2*4-8H,1-3H3,(H2,18,19,20)(H,21,22,25);2*3-7H,1-2H3,(H2,17,20)(H2,16,18,19). The van der Waals surface area contributed by atoms with E-state index in [2.05, 4.69) is 90.8 Å². The van der Waals surface area contributed by atoms with Crippen molar-refractivity contribution in [3.05, 3.63) is 98.1 Å². The average molecular weight is 1320 g/mol. The Kier molecular flexibility index (Phi) is 16.3. The Balaban J connectivity index is 0.000000118. The quantitative estimate of drug-likeness (QED) is 0.0630. The highest BCUT2D eigenvalue weighted by Gasteiger charge is 2.25. The predicted octanol–water partition coefficient (Wildman–Crippen LogP) is 10.3. The van der Waals surface area contributed by atoms with Crippen LogP contribution in [0.15, 0.2) is 116 Å². The highest BCUT2D eigenvalue weighted by Crippen LogP contribution is 2.38. The zero-order chi connectivity index (χ0) is 69.1. The number of hydrogen-bond donors (Lipinski definition) is 8. The molecule has 14 N–H and O–H groups in total. The number of nitrogen functional groups attached to an aromatic ring is 6. The second-order valence-corrected chi connectivity index (χ2v) is 23.6. The summed E-state index contributed by atoms with van der Waals surface area (Å²) in [5.74, 6) is 1.04. The van der Waals surface area contributed by atoms with E-state index >= 15 is 0 Å². The maximum atomic E-state index is 11.2. The molecule has 0 unspecified atom stereocenters. The summed E-state index contributed by atoms with van der Waals surface area (Å²) in [5, 5.41) is 26.7. The third kappa shape index (κ3) is 12.0. The minimum atomic E-state index is -0.247. The number of oxazole rings is 4. The highest BCUT2D eigenvalue weighted by molar-refractivity contribution is 6.03. The van der Waals surface area contributed by atoms with Crippen LogP contribution in [0.3, 0.4) is 0 Å². The Labute approximate surface area is 553 Å². The van der Waals surface area contributed by atoms with Crippen LogP contribution >= 0.6 is 0 Å². The van der Waals surface area contributed by atoms with Crippen molar-refractivity contribution in [2.75, 3.05) is 45.0 Å². The summed E-state index contributed by atoms with van der Waals surface area (Å²) in [6, 6.07) is 23.2. The fourth-order valence-electron chi connectivity index (χ4n) is 11.0. The summed E-state index contributed by atoms with van der Waals surface area (Å²) in [6.45, 7) is 19.0. The minimum absolute atomic E-state index is 0.112. The van der Waals surface area contributed by atoms with E-state index < -0.39 is 0 Å². The van der Waals surface area contributed by atoms with Crippen molar-refractivity contribution in [3.8, 4) is 45.0 Å². The van der Waals surface area contributed by atoms with Gasteiger partial charge in [-0.3, -0.25) is 20.2 Å². The first kappa shape index (κ1) is 63.5. The molecule has 34 heteroatoms. The van der Waals surface area contributed by atoms with Gasteiger partial charge in [0.25, 0.3) is 12.0 Å². The van der Waals surface area contributed by atoms with Crippen LogP contribution in [0.2, 0.25) is 0 Å². The number of nitrogens with one attached hydrogen (secondary N) is 2. The van der Waals surface area contributed by atoms with Gasteiger partial charge in [0.05, 0.1) is 21.5 Å². The Morgan fingerprint density at radius 3 is 1.01 bits per heavy atom. The van der Waals surface area contributed by atoms with Gasteiger partial charge in [-0.15, -0.1) is 0 Å². The van der Waals surface area contributed by atoms with Crippen LogP contribution in [0.5, 0.6) is 0 Å². The van der Waals surface area contributed by atoms with Gasteiger partial charge in [0.15, 0.2) is 44.9 Å². The summed E-state index contributed by atoms with van der Waals surface area (Å²) >= 11 is 0. The lowest BCUT2D eigenvalue weighted by molar-refractivity contribution is -0.115. The number of aromatic nitrogens is 20. The van der Waals surface area contributed by atoms with Gasteiger partial charge in [-0.2, -0.15) is 40.3 Å². The number of fused-ring (bicyclic) bond motifs is 8. The average Bonchev–Trinajstić information content (AvgIpc) is 1.63. The van der Waals surface area contributed by atoms with Crippen molar-refractivity contribution in [2.24, 2.45) is 0 Å². The summed E-state index contributed by atoms with van der Waals surface area (Å²) in [7, 11) is 0. The van der Waals surface area contributed by atoms with E-state index in [1.807, 2.05) is 135 Å². The molecule has 34 nitrogen and oxygen atoms in total. The van der Waals surface area contributed by atoms with Crippen LogP contribution in [0.25, 0.3) is 134 Å². The number of nitrogens with zero attached hydrogens (tertiary/aromatic N) is 20. The molecule has 12 aromatic heterocycles. The number of amides is 2. The van der Waals surface area contributed by atoms with E-state index in [4.69, 9.17) is 52.1 Å². The molecule has 0 saturated heterocycles. The highest BCUT2D eigenvalue weighted by atomic mass is 16.4. The molecule has 2 amide bonds. The molecule has 496 valence electrons. The Hall–Kier alpha value is -13.3. The maximum absolute atomic E-state index is 11.2. The topological polar surface area (TPSA) is 493 Å². The number of nitrogens with two attached hydrogens (primary N) is 6. The van der Waals surface area contributed by atoms with Gasteiger partial charge in [0.2, 0.25) is 11.8 Å². The fraction of sp³-hybridized carbons (Fsp3) is 0.219. The first-order valence-electron chi connectivity index (χ1n) is 30.6. The van der Waals surface area contributed by atoms with E-state index in [1.165, 1.54) is 39.2 Å². The lowest BCUT2D eigenvalue weighted by Crippen LogP contribution is -2.05. The van der Waals surface area contributed by atoms with E-state index in [1.54, 1.807) is 12.1 Å². The second-order valence-electron chi connectivity index (χ2n) is 23.6. The molecule has 0 radical (unpaired) electrons. The van der Waals surface area contributed by atoms with Gasteiger partial charge in [0, 0.05) is 60.3 Å². The fourth-order valence-corrected chi connectivity index (χ4v) is 11.0. The number of anilines is 8. The lowest BCUT2D eigenvalue weighted by atomic mass is 10.1. The van der Waals surface area contributed by atoms with Crippen LogP contribution in [0.1, 0.15) is 93.4 Å². The molecule has 0 saturated carbocycles. The summed E-state index contributed by atoms with van der Waals surface area (Å²) in [6.07, 6.45) is 5.76. The normalized spacial score (nSPS) is 11.7. The molecule has 0 aliphatic rings. The van der Waals surface area contributed by atoms with Crippen LogP contribution in [-0.2, 0) is 9.59 Å². The largest absolute Gasteiger partial charge is 0.424 e. The van der Waals surface area contributed by atoms with Crippen LogP contribution in [0.4, 0.5) is 47.3 Å². The predicted molar refractivity (Wildman–Crippen MR) is 370 cm³/mol. The van der Waals surface area contributed by atoms with Crippen molar-refractivity contribution in [3.63, 3.8) is 0 Å². The van der Waals surface area contributed by atoms with Gasteiger partial charge in [0.1, 0.15) is 93.4 Å². The number of carbonyl (C=O) groups excluding carboxylic acids is 2. The van der Waals surface area contributed by atoms with Gasteiger partial charge >= 0.3 is 12.0 Å². The molecule has 0 aliphatic heterocycles. The summed E-state index contributed by atoms with van der Waals surface area (Å²) in [5.41, 5.74) is 49.3. The molecular formula is C64H64N28O6. The van der Waals surface area contributed by atoms with Gasteiger partial charge in [-0.25, -0.2) is 58.6 Å². The molecule has 16 aromatic rings. The lowest BCUT2D eigenvalue weighted by Gasteiger charge is -2.05. The van der Waals surface area contributed by atoms with Crippen LogP contribution < -0.4 is 45.0 Å². The first-order valence-corrected chi connectivity index (χ1v) is 30.6. The zero-order valence-corrected chi connectivity index (χ0v) is 54.4. The van der Waals surface area contributed by atoms with Gasteiger partial charge < -0.3 is 52.1 Å². The third-order valence-corrected chi connectivity index (χ3v) is 15.3. The molecule has 0 atom stereocenters. The maximum Gasteiger partial charge on any atom is 0.302 e. The summed E-state index contributed by atoms with van der Waals surface area (Å²) in [4.78, 5) is 72.8. The van der Waals surface area contributed by atoms with Gasteiger partial charge in [-0.1, -0.05) is 12.1 Å². The Morgan fingerprint density at radius 1 is 0.357 bits per heavy atom. The van der Waals surface area contributed by atoms with Crippen molar-refractivity contribution >= 4 is 148 Å². The summed E-state index contributed by atoms with van der Waals surface area (Å²) < 4.78 is 29.1. The molecule has 0 aliphatic carbocycles. The molecule has 0 spiro atoms. The Bertz CT molecular complexity index is 5400. The van der Waals surface area contributed by atoms with E-state index in [9.17, 15) is 9.59 Å². The molecule has 4 aromatic carbocycles. The smallest absolute Gasteiger partial charge is 0.302 e. The molecular weight excluding hydrogens is 1260 g/mol. The van der Waals surface area contributed by atoms with Crippen LogP contribution in [0, 0.1) is 0 Å². The van der Waals surface area contributed by atoms with Crippen molar-refractivity contribution in [1.29, 1.82) is 0 Å². The molecule has 0 bridgehead atoms. The monoisotopic (exact) mass is 1320 g/mol. The number of benzene rings is 4. The van der Waals surface area contributed by atoms with Crippen molar-refractivity contribution in [2.45, 2.75) is 93.4 Å². The SMILES string of the molecule is CC(=O)Nc1nc2cc(-c3nn(C(C)C)c4ncnc(N)c34)ccc2o1.CC(=O)Nc1nc2ccc(-c3nn(C(C)C)c4ncnc(N)c34)cc2o1.CC(C)n1nc(-c2ccc3nc(N)oc3c2)c2c(N)ncnc21.CC(C)n1nc(-c2ccc3oc(N)nc3c2)c2c(N)ncnc21. The number of hydrogen-bond acceptors (Lipinski definition) is 28.